The van der Waals surface area contributed by atoms with Crippen LogP contribution in [0.25, 0.3) is 0 Å². The third-order valence-corrected chi connectivity index (χ3v) is 6.09. The van der Waals surface area contributed by atoms with Crippen molar-refractivity contribution in [2.75, 3.05) is 10.8 Å². The molecular formula is C17H18N2O4S. The van der Waals surface area contributed by atoms with Gasteiger partial charge in [0.25, 0.3) is 15.7 Å². The van der Waals surface area contributed by atoms with E-state index in [1.54, 1.807) is 6.92 Å². The van der Waals surface area contributed by atoms with Crippen molar-refractivity contribution >= 4 is 21.4 Å². The molecule has 126 valence electrons. The molecule has 1 aliphatic heterocycles. The van der Waals surface area contributed by atoms with Crippen molar-refractivity contribution in [2.45, 2.75) is 31.6 Å². The first-order valence-electron chi connectivity index (χ1n) is 7.68. The Balaban J connectivity index is 2.10. The van der Waals surface area contributed by atoms with Crippen LogP contribution < -0.4 is 4.31 Å². The van der Waals surface area contributed by atoms with Crippen molar-refractivity contribution in [3.63, 3.8) is 0 Å². The van der Waals surface area contributed by atoms with Gasteiger partial charge >= 0.3 is 0 Å². The molecule has 0 radical (unpaired) electrons. The average Bonchev–Trinajstić information content (AvgIpc) is 2.53. The van der Waals surface area contributed by atoms with Crippen LogP contribution in [0.3, 0.4) is 0 Å². The molecule has 0 aliphatic carbocycles. The van der Waals surface area contributed by atoms with Crippen LogP contribution in [0.4, 0.5) is 11.4 Å². The molecule has 2 aromatic rings. The van der Waals surface area contributed by atoms with E-state index in [4.69, 9.17) is 0 Å². The molecule has 24 heavy (non-hydrogen) atoms. The van der Waals surface area contributed by atoms with E-state index in [0.717, 1.165) is 30.0 Å². The van der Waals surface area contributed by atoms with Gasteiger partial charge in [0.05, 0.1) is 15.5 Å². The fourth-order valence-electron chi connectivity index (χ4n) is 3.01. The van der Waals surface area contributed by atoms with Gasteiger partial charge in [0.2, 0.25) is 0 Å². The van der Waals surface area contributed by atoms with Gasteiger partial charge in [0, 0.05) is 18.2 Å². The SMILES string of the molecule is Cc1ccc2c(c1)CCCN2S(=O)(=O)c1ccc(C)c([N+](=O)[O-])c1. The van der Waals surface area contributed by atoms with Gasteiger partial charge in [0.1, 0.15) is 0 Å². The third kappa shape index (κ3) is 2.75. The number of rotatable bonds is 3. The van der Waals surface area contributed by atoms with Crippen LogP contribution in [0.15, 0.2) is 41.3 Å². The summed E-state index contributed by atoms with van der Waals surface area (Å²) in [6.45, 7) is 3.94. The first kappa shape index (κ1) is 16.4. The molecule has 2 aromatic carbocycles. The Morgan fingerprint density at radius 3 is 2.58 bits per heavy atom. The molecule has 0 spiro atoms. The van der Waals surface area contributed by atoms with Crippen molar-refractivity contribution in [1.82, 2.24) is 0 Å². The predicted octanol–water partition coefficient (Wildman–Crippen LogP) is 3.35. The smallest absolute Gasteiger partial charge is 0.266 e. The molecular weight excluding hydrogens is 328 g/mol. The van der Waals surface area contributed by atoms with Crippen molar-refractivity contribution in [3.8, 4) is 0 Å². The number of hydrogen-bond donors (Lipinski definition) is 0. The molecule has 1 heterocycles. The van der Waals surface area contributed by atoms with Gasteiger partial charge in [-0.25, -0.2) is 8.42 Å². The molecule has 0 fully saturated rings. The topological polar surface area (TPSA) is 80.5 Å². The summed E-state index contributed by atoms with van der Waals surface area (Å²) in [7, 11) is -3.83. The maximum atomic E-state index is 13.0. The lowest BCUT2D eigenvalue weighted by molar-refractivity contribution is -0.385. The highest BCUT2D eigenvalue weighted by Crippen LogP contribution is 2.33. The number of anilines is 1. The first-order valence-corrected chi connectivity index (χ1v) is 9.12. The second-order valence-electron chi connectivity index (χ2n) is 6.02. The van der Waals surface area contributed by atoms with Gasteiger partial charge < -0.3 is 0 Å². The maximum absolute atomic E-state index is 13.0. The molecule has 0 saturated heterocycles. The van der Waals surface area contributed by atoms with E-state index in [0.29, 0.717) is 17.8 Å². The van der Waals surface area contributed by atoms with Crippen LogP contribution >= 0.6 is 0 Å². The summed E-state index contributed by atoms with van der Waals surface area (Å²) in [5, 5.41) is 11.1. The minimum Gasteiger partial charge on any atom is -0.266 e. The van der Waals surface area contributed by atoms with Crippen LogP contribution in [-0.2, 0) is 16.4 Å². The summed E-state index contributed by atoms with van der Waals surface area (Å²) in [6.07, 6.45) is 1.56. The van der Waals surface area contributed by atoms with E-state index in [2.05, 4.69) is 0 Å². The van der Waals surface area contributed by atoms with Gasteiger partial charge in [-0.3, -0.25) is 14.4 Å². The molecule has 7 heteroatoms. The standard InChI is InChI=1S/C17H18N2O4S/c1-12-5-8-16-14(10-12)4-3-9-18(16)24(22,23)15-7-6-13(2)17(11-15)19(20)21/h5-8,10-11H,3-4,9H2,1-2H3. The van der Waals surface area contributed by atoms with E-state index < -0.39 is 14.9 Å². The zero-order chi connectivity index (χ0) is 17.5. The number of hydrogen-bond acceptors (Lipinski definition) is 4. The predicted molar refractivity (Wildman–Crippen MR) is 91.9 cm³/mol. The van der Waals surface area contributed by atoms with E-state index in [1.165, 1.54) is 16.4 Å². The summed E-state index contributed by atoms with van der Waals surface area (Å²) in [4.78, 5) is 10.5. The minimum absolute atomic E-state index is 0.0479. The zero-order valence-electron chi connectivity index (χ0n) is 13.5. The normalized spacial score (nSPS) is 14.3. The molecule has 3 rings (SSSR count). The van der Waals surface area contributed by atoms with Gasteiger partial charge in [-0.2, -0.15) is 0 Å². The second kappa shape index (κ2) is 5.90. The Morgan fingerprint density at radius 1 is 1.12 bits per heavy atom. The highest BCUT2D eigenvalue weighted by atomic mass is 32.2. The summed E-state index contributed by atoms with van der Waals surface area (Å²) < 4.78 is 27.4. The second-order valence-corrected chi connectivity index (χ2v) is 7.88. The van der Waals surface area contributed by atoms with E-state index in [-0.39, 0.29) is 10.6 Å². The molecule has 0 aromatic heterocycles. The van der Waals surface area contributed by atoms with E-state index in [1.807, 2.05) is 25.1 Å². The Morgan fingerprint density at radius 2 is 1.88 bits per heavy atom. The Labute approximate surface area is 140 Å². The van der Waals surface area contributed by atoms with E-state index >= 15 is 0 Å². The molecule has 0 bridgehead atoms. The Hall–Kier alpha value is -2.41. The fraction of sp³-hybridized carbons (Fsp3) is 0.294. The Bertz CT molecular complexity index is 922. The number of nitro benzene ring substituents is 1. The summed E-state index contributed by atoms with van der Waals surface area (Å²) >= 11 is 0. The summed E-state index contributed by atoms with van der Waals surface area (Å²) in [6, 6.07) is 9.74. The van der Waals surface area contributed by atoms with Crippen molar-refractivity contribution in [1.29, 1.82) is 0 Å². The zero-order valence-corrected chi connectivity index (χ0v) is 14.3. The maximum Gasteiger partial charge on any atom is 0.273 e. The summed E-state index contributed by atoms with van der Waals surface area (Å²) in [5.74, 6) is 0. The molecule has 0 unspecified atom stereocenters. The lowest BCUT2D eigenvalue weighted by Crippen LogP contribution is -2.35. The third-order valence-electron chi connectivity index (χ3n) is 4.28. The minimum atomic E-state index is -3.83. The van der Waals surface area contributed by atoms with Gasteiger partial charge in [0.15, 0.2) is 0 Å². The quantitative estimate of drug-likeness (QED) is 0.630. The number of nitrogens with zero attached hydrogens (tertiary/aromatic N) is 2. The number of fused-ring (bicyclic) bond motifs is 1. The lowest BCUT2D eigenvalue weighted by Gasteiger charge is -2.30. The van der Waals surface area contributed by atoms with Crippen molar-refractivity contribution in [2.24, 2.45) is 0 Å². The monoisotopic (exact) mass is 346 g/mol. The van der Waals surface area contributed by atoms with Crippen molar-refractivity contribution in [3.05, 3.63) is 63.2 Å². The van der Waals surface area contributed by atoms with Crippen LogP contribution in [0.5, 0.6) is 0 Å². The van der Waals surface area contributed by atoms with E-state index in [9.17, 15) is 18.5 Å². The molecule has 0 N–H and O–H groups in total. The number of sulfonamides is 1. The number of aryl methyl sites for hydroxylation is 3. The lowest BCUT2D eigenvalue weighted by atomic mass is 10.0. The fourth-order valence-corrected chi connectivity index (χ4v) is 4.58. The Kier molecular flexibility index (Phi) is 4.04. The first-order chi connectivity index (χ1) is 11.3. The van der Waals surface area contributed by atoms with Crippen molar-refractivity contribution < 1.29 is 13.3 Å². The molecule has 0 amide bonds. The van der Waals surface area contributed by atoms with Crippen LogP contribution in [0, 0.1) is 24.0 Å². The van der Waals surface area contributed by atoms with Crippen LogP contribution in [0.1, 0.15) is 23.1 Å². The van der Waals surface area contributed by atoms with Gasteiger partial charge in [-0.15, -0.1) is 0 Å². The van der Waals surface area contributed by atoms with Crippen LogP contribution in [-0.4, -0.2) is 19.9 Å². The van der Waals surface area contributed by atoms with Gasteiger partial charge in [-0.05, 0) is 44.4 Å². The van der Waals surface area contributed by atoms with Crippen LogP contribution in [0.2, 0.25) is 0 Å². The largest absolute Gasteiger partial charge is 0.273 e. The number of nitro groups is 1. The summed E-state index contributed by atoms with van der Waals surface area (Å²) in [5.41, 5.74) is 2.99. The molecule has 6 nitrogen and oxygen atoms in total. The highest BCUT2D eigenvalue weighted by molar-refractivity contribution is 7.92. The highest BCUT2D eigenvalue weighted by Gasteiger charge is 2.30. The average molecular weight is 346 g/mol. The molecule has 0 saturated carbocycles. The van der Waals surface area contributed by atoms with Gasteiger partial charge in [-0.1, -0.05) is 23.8 Å². The number of benzene rings is 2. The molecule has 1 aliphatic rings. The molecule has 0 atom stereocenters.